The summed E-state index contributed by atoms with van der Waals surface area (Å²) in [4.78, 5) is 23.0. The van der Waals surface area contributed by atoms with Gasteiger partial charge < -0.3 is 15.8 Å². The van der Waals surface area contributed by atoms with Crippen molar-refractivity contribution in [3.8, 4) is 0 Å². The monoisotopic (exact) mass is 250 g/mol. The number of ether oxygens (including phenoxy) is 1. The average Bonchev–Trinajstić information content (AvgIpc) is 2.38. The summed E-state index contributed by atoms with van der Waals surface area (Å²) in [5.41, 5.74) is 6.62. The molecule has 1 aromatic rings. The molecular weight excluding hydrogens is 232 g/mol. The van der Waals surface area contributed by atoms with E-state index in [2.05, 4.69) is 10.1 Å². The number of hydrogen-bond acceptors (Lipinski definition) is 4. The second-order valence-electron chi connectivity index (χ2n) is 3.96. The Morgan fingerprint density at radius 3 is 2.78 bits per heavy atom. The Morgan fingerprint density at radius 1 is 1.44 bits per heavy atom. The van der Waals surface area contributed by atoms with Crippen molar-refractivity contribution < 1.29 is 14.3 Å². The normalized spacial score (nSPS) is 11.7. The fourth-order valence-electron chi connectivity index (χ4n) is 1.52. The zero-order chi connectivity index (χ0) is 13.5. The Balaban J connectivity index is 2.73. The first-order valence-electron chi connectivity index (χ1n) is 5.83. The van der Waals surface area contributed by atoms with Gasteiger partial charge in [-0.3, -0.25) is 4.79 Å². The maximum Gasteiger partial charge on any atom is 0.337 e. The molecule has 1 rings (SSSR count). The van der Waals surface area contributed by atoms with E-state index in [0.29, 0.717) is 17.7 Å². The first-order chi connectivity index (χ1) is 8.58. The van der Waals surface area contributed by atoms with Gasteiger partial charge in [0.1, 0.15) is 0 Å². The minimum Gasteiger partial charge on any atom is -0.465 e. The van der Waals surface area contributed by atoms with Crippen LogP contribution in [0.4, 0.5) is 5.69 Å². The van der Waals surface area contributed by atoms with Crippen molar-refractivity contribution in [1.29, 1.82) is 0 Å². The Kier molecular flexibility index (Phi) is 5.32. The molecular formula is C13H18N2O3. The highest BCUT2D eigenvalue weighted by Gasteiger charge is 2.13. The van der Waals surface area contributed by atoms with Crippen LogP contribution in [-0.4, -0.2) is 25.0 Å². The molecule has 0 bridgehead atoms. The quantitative estimate of drug-likeness (QED) is 0.777. The molecule has 0 aromatic heterocycles. The molecule has 0 heterocycles. The number of rotatable bonds is 5. The number of carbonyl (C=O) groups is 2. The summed E-state index contributed by atoms with van der Waals surface area (Å²) in [6, 6.07) is 6.02. The van der Waals surface area contributed by atoms with Crippen molar-refractivity contribution >= 4 is 17.6 Å². The molecule has 3 N–H and O–H groups in total. The molecule has 5 nitrogen and oxygen atoms in total. The van der Waals surface area contributed by atoms with Gasteiger partial charge in [-0.1, -0.05) is 19.4 Å². The number of esters is 1. The lowest BCUT2D eigenvalue weighted by molar-refractivity contribution is -0.117. The minimum absolute atomic E-state index is 0.251. The molecule has 0 aliphatic heterocycles. The van der Waals surface area contributed by atoms with Crippen molar-refractivity contribution in [2.75, 3.05) is 12.4 Å². The van der Waals surface area contributed by atoms with Crippen molar-refractivity contribution in [3.63, 3.8) is 0 Å². The van der Waals surface area contributed by atoms with Gasteiger partial charge in [-0.15, -0.1) is 0 Å². The van der Waals surface area contributed by atoms with Gasteiger partial charge in [-0.2, -0.15) is 0 Å². The highest BCUT2D eigenvalue weighted by molar-refractivity contribution is 5.96. The second kappa shape index (κ2) is 6.76. The van der Waals surface area contributed by atoms with Crippen molar-refractivity contribution in [1.82, 2.24) is 0 Å². The van der Waals surface area contributed by atoms with Gasteiger partial charge in [0, 0.05) is 5.69 Å². The van der Waals surface area contributed by atoms with E-state index in [4.69, 9.17) is 5.73 Å². The average molecular weight is 250 g/mol. The number of nitrogens with two attached hydrogens (primary N) is 1. The number of carbonyl (C=O) groups excluding carboxylic acids is 2. The van der Waals surface area contributed by atoms with E-state index in [0.717, 1.165) is 6.42 Å². The number of amides is 1. The molecule has 0 fully saturated rings. The van der Waals surface area contributed by atoms with Crippen LogP contribution >= 0.6 is 0 Å². The lowest BCUT2D eigenvalue weighted by atomic mass is 10.1. The van der Waals surface area contributed by atoms with Crippen LogP contribution in [0, 0.1) is 0 Å². The van der Waals surface area contributed by atoms with Crippen LogP contribution < -0.4 is 11.1 Å². The number of methoxy groups -OCH3 is 1. The summed E-state index contributed by atoms with van der Waals surface area (Å²) in [6.45, 7) is 1.96. The molecule has 18 heavy (non-hydrogen) atoms. The maximum atomic E-state index is 11.7. The predicted octanol–water partition coefficient (Wildman–Crippen LogP) is 1.54. The van der Waals surface area contributed by atoms with E-state index in [-0.39, 0.29) is 5.91 Å². The molecule has 5 heteroatoms. The summed E-state index contributed by atoms with van der Waals surface area (Å²) < 4.78 is 4.61. The first-order valence-corrected chi connectivity index (χ1v) is 5.83. The fraction of sp³-hybridized carbons (Fsp3) is 0.385. The van der Waals surface area contributed by atoms with E-state index >= 15 is 0 Å². The van der Waals surface area contributed by atoms with Gasteiger partial charge >= 0.3 is 5.97 Å². The van der Waals surface area contributed by atoms with E-state index in [1.54, 1.807) is 24.3 Å². The molecule has 0 saturated heterocycles. The topological polar surface area (TPSA) is 81.4 Å². The van der Waals surface area contributed by atoms with Gasteiger partial charge in [0.2, 0.25) is 5.91 Å². The summed E-state index contributed by atoms with van der Waals surface area (Å²) in [6.07, 6.45) is 1.47. The maximum absolute atomic E-state index is 11.7. The van der Waals surface area contributed by atoms with Crippen LogP contribution in [0.1, 0.15) is 30.1 Å². The first kappa shape index (κ1) is 14.2. The Labute approximate surface area is 106 Å². The van der Waals surface area contributed by atoms with Gasteiger partial charge in [-0.05, 0) is 24.6 Å². The molecule has 98 valence electrons. The predicted molar refractivity (Wildman–Crippen MR) is 69.3 cm³/mol. The van der Waals surface area contributed by atoms with Crippen LogP contribution in [0.2, 0.25) is 0 Å². The molecule has 0 aliphatic carbocycles. The van der Waals surface area contributed by atoms with Crippen LogP contribution in [-0.2, 0) is 9.53 Å². The van der Waals surface area contributed by atoms with Crippen molar-refractivity contribution in [2.24, 2.45) is 5.73 Å². The zero-order valence-electron chi connectivity index (χ0n) is 10.6. The van der Waals surface area contributed by atoms with Crippen molar-refractivity contribution in [2.45, 2.75) is 25.8 Å². The largest absolute Gasteiger partial charge is 0.465 e. The Bertz CT molecular complexity index is 432. The summed E-state index contributed by atoms with van der Waals surface area (Å²) in [7, 11) is 1.31. The van der Waals surface area contributed by atoms with Crippen LogP contribution in [0.3, 0.4) is 0 Å². The van der Waals surface area contributed by atoms with Gasteiger partial charge in [-0.25, -0.2) is 4.79 Å². The second-order valence-corrected chi connectivity index (χ2v) is 3.96. The molecule has 1 atom stereocenters. The third-order valence-corrected chi connectivity index (χ3v) is 2.49. The SMILES string of the molecule is CCCC(N)C(=O)Nc1cccc(C(=O)OC)c1. The van der Waals surface area contributed by atoms with Gasteiger partial charge in [0.25, 0.3) is 0 Å². The highest BCUT2D eigenvalue weighted by atomic mass is 16.5. The Morgan fingerprint density at radius 2 is 2.17 bits per heavy atom. The molecule has 1 amide bonds. The van der Waals surface area contributed by atoms with Crippen LogP contribution in [0.25, 0.3) is 0 Å². The Hall–Kier alpha value is -1.88. The number of anilines is 1. The fourth-order valence-corrected chi connectivity index (χ4v) is 1.52. The molecule has 0 spiro atoms. The van der Waals surface area contributed by atoms with E-state index in [1.165, 1.54) is 7.11 Å². The number of benzene rings is 1. The van der Waals surface area contributed by atoms with E-state index < -0.39 is 12.0 Å². The third-order valence-electron chi connectivity index (χ3n) is 2.49. The smallest absolute Gasteiger partial charge is 0.337 e. The lowest BCUT2D eigenvalue weighted by Gasteiger charge is -2.11. The standard InChI is InChI=1S/C13H18N2O3/c1-3-5-11(14)12(16)15-10-7-4-6-9(8-10)13(17)18-2/h4,6-8,11H,3,5,14H2,1-2H3,(H,15,16). The molecule has 1 aromatic carbocycles. The summed E-state index contributed by atoms with van der Waals surface area (Å²) in [5.74, 6) is -0.692. The van der Waals surface area contributed by atoms with Crippen LogP contribution in [0.5, 0.6) is 0 Å². The lowest BCUT2D eigenvalue weighted by Crippen LogP contribution is -2.35. The van der Waals surface area contributed by atoms with Gasteiger partial charge in [0.15, 0.2) is 0 Å². The van der Waals surface area contributed by atoms with Gasteiger partial charge in [0.05, 0.1) is 18.7 Å². The minimum atomic E-state index is -0.531. The van der Waals surface area contributed by atoms with E-state index in [1.807, 2.05) is 6.92 Å². The summed E-state index contributed by atoms with van der Waals surface area (Å²) >= 11 is 0. The highest BCUT2D eigenvalue weighted by Crippen LogP contribution is 2.12. The molecule has 0 aliphatic rings. The third kappa shape index (κ3) is 3.85. The molecule has 0 radical (unpaired) electrons. The molecule has 1 unspecified atom stereocenters. The van der Waals surface area contributed by atoms with Crippen LogP contribution in [0.15, 0.2) is 24.3 Å². The number of nitrogens with one attached hydrogen (secondary N) is 1. The van der Waals surface area contributed by atoms with E-state index in [9.17, 15) is 9.59 Å². The zero-order valence-corrected chi connectivity index (χ0v) is 10.6. The number of hydrogen-bond donors (Lipinski definition) is 2. The summed E-state index contributed by atoms with van der Waals surface area (Å²) in [5, 5.41) is 2.67. The van der Waals surface area contributed by atoms with Crippen molar-refractivity contribution in [3.05, 3.63) is 29.8 Å². The molecule has 0 saturated carbocycles.